The highest BCUT2D eigenvalue weighted by Crippen LogP contribution is 2.23. The third kappa shape index (κ3) is 5.22. The van der Waals surface area contributed by atoms with Crippen molar-refractivity contribution >= 4 is 23.4 Å². The van der Waals surface area contributed by atoms with Crippen LogP contribution in [0, 0.1) is 0 Å². The van der Waals surface area contributed by atoms with Crippen molar-refractivity contribution in [2.75, 3.05) is 5.21 Å². The van der Waals surface area contributed by atoms with E-state index in [2.05, 4.69) is 6.58 Å². The number of nitrogens with two attached hydrogens (primary N) is 1. The number of rotatable bonds is 5. The zero-order chi connectivity index (χ0) is 8.69. The molecule has 0 rings (SSSR count). The summed E-state index contributed by atoms with van der Waals surface area (Å²) in [4.78, 5) is 1.18. The molecule has 0 heterocycles. The van der Waals surface area contributed by atoms with Crippen LogP contribution in [0.2, 0.25) is 0 Å². The predicted octanol–water partition coefficient (Wildman–Crippen LogP) is 3.07. The largest absolute Gasteiger partial charge is 0.402 e. The number of halogens is 1. The van der Waals surface area contributed by atoms with Gasteiger partial charge in [0.05, 0.1) is 5.21 Å². The topological polar surface area (TPSA) is 26.0 Å². The molecule has 64 valence electrons. The summed E-state index contributed by atoms with van der Waals surface area (Å²) >= 11 is 7.16. The molecular weight excluding hydrogens is 178 g/mol. The van der Waals surface area contributed by atoms with Crippen molar-refractivity contribution in [2.45, 2.75) is 19.8 Å². The first kappa shape index (κ1) is 10.9. The fourth-order valence-electron chi connectivity index (χ4n) is 0.682. The van der Waals surface area contributed by atoms with Crippen molar-refractivity contribution in [3.8, 4) is 0 Å². The van der Waals surface area contributed by atoms with Crippen LogP contribution in [0.3, 0.4) is 0 Å². The maximum Gasteiger partial charge on any atom is 0.0724 e. The fraction of sp³-hybridized carbons (Fsp3) is 0.500. The highest BCUT2D eigenvalue weighted by molar-refractivity contribution is 8.04. The molecule has 0 aliphatic heterocycles. The third-order valence-corrected chi connectivity index (χ3v) is 2.56. The van der Waals surface area contributed by atoms with E-state index in [1.54, 1.807) is 11.8 Å². The minimum Gasteiger partial charge on any atom is -0.402 e. The third-order valence-electron chi connectivity index (χ3n) is 1.24. The van der Waals surface area contributed by atoms with Crippen LogP contribution in [-0.2, 0) is 0 Å². The quantitative estimate of drug-likeness (QED) is 0.534. The molecule has 0 atom stereocenters. The monoisotopic (exact) mass is 191 g/mol. The lowest BCUT2D eigenvalue weighted by atomic mass is 10.2. The summed E-state index contributed by atoms with van der Waals surface area (Å²) in [6.07, 6.45) is 3.81. The van der Waals surface area contributed by atoms with Crippen LogP contribution in [0.1, 0.15) is 19.8 Å². The van der Waals surface area contributed by atoms with Gasteiger partial charge in [-0.15, -0.1) is 29.9 Å². The maximum absolute atomic E-state index is 5.63. The van der Waals surface area contributed by atoms with Crippen molar-refractivity contribution < 1.29 is 0 Å². The lowest BCUT2D eigenvalue weighted by Gasteiger charge is -2.04. The van der Waals surface area contributed by atoms with Crippen LogP contribution in [0.25, 0.3) is 0 Å². The van der Waals surface area contributed by atoms with Gasteiger partial charge in [-0.2, -0.15) is 0 Å². The Bertz CT molecular complexity index is 150. The molecule has 3 heteroatoms. The van der Waals surface area contributed by atoms with E-state index in [1.807, 2.05) is 13.0 Å². The van der Waals surface area contributed by atoms with Crippen LogP contribution >= 0.6 is 23.4 Å². The van der Waals surface area contributed by atoms with Gasteiger partial charge in [0.1, 0.15) is 0 Å². The molecule has 0 saturated heterocycles. The summed E-state index contributed by atoms with van der Waals surface area (Å²) < 4.78 is 0. The van der Waals surface area contributed by atoms with Crippen molar-refractivity contribution in [3.05, 3.63) is 23.3 Å². The molecule has 0 saturated carbocycles. The van der Waals surface area contributed by atoms with Gasteiger partial charge < -0.3 is 5.73 Å². The van der Waals surface area contributed by atoms with Crippen LogP contribution in [0.5, 0.6) is 0 Å². The summed E-state index contributed by atoms with van der Waals surface area (Å²) in [5, 5.41) is 0.570. The maximum atomic E-state index is 5.63. The number of alkyl halides is 1. The summed E-state index contributed by atoms with van der Waals surface area (Å²) in [7, 11) is 0. The molecule has 0 aromatic carbocycles. The highest BCUT2D eigenvalue weighted by Gasteiger charge is 1.98. The molecular formula is C8H14ClNS. The number of thioether (sulfide) groups is 1. The normalized spacial score (nSPS) is 12.5. The Morgan fingerprint density at radius 2 is 2.36 bits per heavy atom. The van der Waals surface area contributed by atoms with Crippen LogP contribution in [0.4, 0.5) is 0 Å². The summed E-state index contributed by atoms with van der Waals surface area (Å²) in [6.45, 7) is 5.55. The van der Waals surface area contributed by atoms with E-state index < -0.39 is 0 Å². The Balaban J connectivity index is 3.90. The zero-order valence-corrected chi connectivity index (χ0v) is 8.34. The van der Waals surface area contributed by atoms with E-state index >= 15 is 0 Å². The Hall–Kier alpha value is -0.0800. The zero-order valence-electron chi connectivity index (χ0n) is 6.77. The first-order chi connectivity index (χ1) is 5.22. The molecule has 0 bridgehead atoms. The van der Waals surface area contributed by atoms with Crippen LogP contribution < -0.4 is 5.73 Å². The van der Waals surface area contributed by atoms with Crippen molar-refractivity contribution in [2.24, 2.45) is 5.73 Å². The SMILES string of the molecule is C=CCC/C(SCCl)=C(\C)N. The van der Waals surface area contributed by atoms with Gasteiger partial charge in [-0.3, -0.25) is 0 Å². The molecule has 0 radical (unpaired) electrons. The second-order valence-electron chi connectivity index (χ2n) is 2.19. The van der Waals surface area contributed by atoms with Gasteiger partial charge in [-0.05, 0) is 19.8 Å². The molecule has 0 fully saturated rings. The Morgan fingerprint density at radius 1 is 1.73 bits per heavy atom. The van der Waals surface area contributed by atoms with E-state index in [1.165, 1.54) is 4.91 Å². The molecule has 0 aliphatic rings. The molecule has 0 aromatic rings. The number of allylic oxidation sites excluding steroid dienone is 3. The molecule has 0 aliphatic carbocycles. The Labute approximate surface area is 77.7 Å². The average molecular weight is 192 g/mol. The van der Waals surface area contributed by atoms with Gasteiger partial charge in [0.2, 0.25) is 0 Å². The molecule has 0 unspecified atom stereocenters. The van der Waals surface area contributed by atoms with E-state index in [0.717, 1.165) is 18.5 Å². The lowest BCUT2D eigenvalue weighted by molar-refractivity contribution is 1.01. The standard InChI is InChI=1S/C8H14ClNS/c1-3-4-5-8(7(2)10)11-6-9/h3H,1,4-6,10H2,2H3/b8-7-. The van der Waals surface area contributed by atoms with Gasteiger partial charge in [-0.25, -0.2) is 0 Å². The highest BCUT2D eigenvalue weighted by atomic mass is 35.5. The van der Waals surface area contributed by atoms with E-state index in [-0.39, 0.29) is 0 Å². The summed E-state index contributed by atoms with van der Waals surface area (Å²) in [6, 6.07) is 0. The van der Waals surface area contributed by atoms with E-state index in [0.29, 0.717) is 5.21 Å². The molecule has 11 heavy (non-hydrogen) atoms. The minimum absolute atomic E-state index is 0.570. The van der Waals surface area contributed by atoms with Gasteiger partial charge >= 0.3 is 0 Å². The Kier molecular flexibility index (Phi) is 6.57. The van der Waals surface area contributed by atoms with Crippen molar-refractivity contribution in [1.82, 2.24) is 0 Å². The molecule has 0 amide bonds. The Morgan fingerprint density at radius 3 is 2.73 bits per heavy atom. The first-order valence-corrected chi connectivity index (χ1v) is 4.99. The van der Waals surface area contributed by atoms with Crippen molar-refractivity contribution in [1.29, 1.82) is 0 Å². The van der Waals surface area contributed by atoms with E-state index in [9.17, 15) is 0 Å². The van der Waals surface area contributed by atoms with Gasteiger partial charge in [0, 0.05) is 10.6 Å². The minimum atomic E-state index is 0.570. The second-order valence-corrected chi connectivity index (χ2v) is 3.84. The second kappa shape index (κ2) is 6.62. The molecule has 0 aromatic heterocycles. The summed E-state index contributed by atoms with van der Waals surface area (Å²) in [5.41, 5.74) is 6.50. The lowest BCUT2D eigenvalue weighted by Crippen LogP contribution is -1.95. The number of hydrogen-bond donors (Lipinski definition) is 1. The van der Waals surface area contributed by atoms with Crippen LogP contribution in [-0.4, -0.2) is 5.21 Å². The predicted molar refractivity (Wildman–Crippen MR) is 54.6 cm³/mol. The molecule has 1 nitrogen and oxygen atoms in total. The molecule has 0 spiro atoms. The van der Waals surface area contributed by atoms with Crippen molar-refractivity contribution in [3.63, 3.8) is 0 Å². The smallest absolute Gasteiger partial charge is 0.0724 e. The van der Waals surface area contributed by atoms with E-state index in [4.69, 9.17) is 17.3 Å². The first-order valence-electron chi connectivity index (χ1n) is 3.47. The fourth-order valence-corrected chi connectivity index (χ4v) is 1.70. The van der Waals surface area contributed by atoms with Gasteiger partial charge in [0.25, 0.3) is 0 Å². The summed E-state index contributed by atoms with van der Waals surface area (Å²) in [5.74, 6) is 0. The molecule has 2 N–H and O–H groups in total. The number of hydrogen-bond acceptors (Lipinski definition) is 2. The van der Waals surface area contributed by atoms with Gasteiger partial charge in [-0.1, -0.05) is 6.08 Å². The van der Waals surface area contributed by atoms with Crippen LogP contribution in [0.15, 0.2) is 23.3 Å². The van der Waals surface area contributed by atoms with Gasteiger partial charge in [0.15, 0.2) is 0 Å². The average Bonchev–Trinajstić information content (AvgIpc) is 1.97.